The standard InChI is InChI=1S/C24H28FN5O2/c1-16-12-20(13-19-4-6-21(25)7-5-19)14-22(26-16)23-15-29(10-11-32-23)24(31)8-9-30-18(3)27-17(2)28-30/h4-7,12,14,23H,8-11,13,15H2,1-3H3/t23-/m0/s1. The van der Waals surface area contributed by atoms with Crippen LogP contribution in [0.5, 0.6) is 0 Å². The van der Waals surface area contributed by atoms with E-state index in [1.807, 2.05) is 37.8 Å². The van der Waals surface area contributed by atoms with Gasteiger partial charge in [-0.05, 0) is 62.6 Å². The Labute approximate surface area is 187 Å². The highest BCUT2D eigenvalue weighted by Crippen LogP contribution is 2.24. The second kappa shape index (κ2) is 9.56. The zero-order valence-electron chi connectivity index (χ0n) is 18.7. The Morgan fingerprint density at radius 2 is 1.91 bits per heavy atom. The number of carbonyl (C=O) groups is 1. The first-order valence-electron chi connectivity index (χ1n) is 10.9. The molecule has 1 aromatic carbocycles. The van der Waals surface area contributed by atoms with Gasteiger partial charge in [0.25, 0.3) is 0 Å². The Hall–Kier alpha value is -3.13. The Balaban J connectivity index is 1.42. The summed E-state index contributed by atoms with van der Waals surface area (Å²) >= 11 is 0. The van der Waals surface area contributed by atoms with Gasteiger partial charge in [0.1, 0.15) is 23.6 Å². The fourth-order valence-corrected chi connectivity index (χ4v) is 4.06. The Kier molecular flexibility index (Phi) is 6.60. The summed E-state index contributed by atoms with van der Waals surface area (Å²) in [7, 11) is 0. The van der Waals surface area contributed by atoms with Gasteiger partial charge in [0.05, 0.1) is 25.4 Å². The number of nitrogens with zero attached hydrogens (tertiary/aromatic N) is 5. The van der Waals surface area contributed by atoms with Gasteiger partial charge in [-0.1, -0.05) is 12.1 Å². The quantitative estimate of drug-likeness (QED) is 0.592. The van der Waals surface area contributed by atoms with Gasteiger partial charge in [0.15, 0.2) is 0 Å². The molecule has 1 fully saturated rings. The molecule has 0 bridgehead atoms. The summed E-state index contributed by atoms with van der Waals surface area (Å²) < 4.78 is 20.9. The van der Waals surface area contributed by atoms with Gasteiger partial charge in [-0.2, -0.15) is 5.10 Å². The predicted molar refractivity (Wildman–Crippen MR) is 118 cm³/mol. The number of aromatic nitrogens is 4. The first-order chi connectivity index (χ1) is 15.4. The minimum absolute atomic E-state index is 0.0741. The number of halogens is 1. The number of hydrogen-bond acceptors (Lipinski definition) is 5. The molecule has 3 aromatic rings. The number of hydrogen-bond donors (Lipinski definition) is 0. The summed E-state index contributed by atoms with van der Waals surface area (Å²) in [5.41, 5.74) is 3.83. The molecule has 0 radical (unpaired) electrons. The van der Waals surface area contributed by atoms with Crippen molar-refractivity contribution in [1.82, 2.24) is 24.6 Å². The average Bonchev–Trinajstić information content (AvgIpc) is 3.10. The van der Waals surface area contributed by atoms with Gasteiger partial charge in [0, 0.05) is 18.7 Å². The van der Waals surface area contributed by atoms with E-state index in [1.165, 1.54) is 12.1 Å². The Morgan fingerprint density at radius 1 is 1.12 bits per heavy atom. The fraction of sp³-hybridized carbons (Fsp3) is 0.417. The molecule has 0 N–H and O–H groups in total. The van der Waals surface area contributed by atoms with Crippen LogP contribution in [0.2, 0.25) is 0 Å². The molecular weight excluding hydrogens is 409 g/mol. The number of carbonyl (C=O) groups excluding carboxylic acids is 1. The van der Waals surface area contributed by atoms with Crippen LogP contribution in [-0.4, -0.2) is 50.3 Å². The number of aryl methyl sites for hydroxylation is 4. The van der Waals surface area contributed by atoms with Gasteiger partial charge in [-0.25, -0.2) is 14.1 Å². The molecule has 1 atom stereocenters. The molecule has 32 heavy (non-hydrogen) atoms. The van der Waals surface area contributed by atoms with E-state index in [2.05, 4.69) is 15.1 Å². The van der Waals surface area contributed by atoms with Gasteiger partial charge in [-0.3, -0.25) is 9.78 Å². The summed E-state index contributed by atoms with van der Waals surface area (Å²) in [6, 6.07) is 10.6. The van der Waals surface area contributed by atoms with Crippen LogP contribution in [0, 0.1) is 26.6 Å². The first kappa shape index (κ1) is 22.1. The molecule has 1 aliphatic heterocycles. The molecule has 0 spiro atoms. The molecule has 168 valence electrons. The number of benzene rings is 1. The van der Waals surface area contributed by atoms with E-state index in [0.717, 1.165) is 28.3 Å². The van der Waals surface area contributed by atoms with Crippen molar-refractivity contribution in [2.24, 2.45) is 0 Å². The molecule has 4 rings (SSSR count). The molecule has 8 heteroatoms. The first-order valence-corrected chi connectivity index (χ1v) is 10.9. The van der Waals surface area contributed by atoms with Crippen molar-refractivity contribution in [2.75, 3.05) is 19.7 Å². The molecule has 3 heterocycles. The minimum atomic E-state index is -0.269. The van der Waals surface area contributed by atoms with Crippen molar-refractivity contribution >= 4 is 5.91 Å². The second-order valence-corrected chi connectivity index (χ2v) is 8.22. The molecule has 1 amide bonds. The predicted octanol–water partition coefficient (Wildman–Crippen LogP) is 3.32. The third kappa shape index (κ3) is 5.37. The molecule has 0 saturated carbocycles. The number of rotatable bonds is 6. The smallest absolute Gasteiger partial charge is 0.224 e. The molecule has 0 aliphatic carbocycles. The number of morpholine rings is 1. The fourth-order valence-electron chi connectivity index (χ4n) is 4.06. The van der Waals surface area contributed by atoms with Gasteiger partial charge < -0.3 is 9.64 Å². The molecule has 2 aromatic heterocycles. The van der Waals surface area contributed by atoms with Gasteiger partial charge in [-0.15, -0.1) is 0 Å². The van der Waals surface area contributed by atoms with Crippen LogP contribution in [-0.2, 0) is 22.5 Å². The normalized spacial score (nSPS) is 16.4. The van der Waals surface area contributed by atoms with Crippen LogP contribution >= 0.6 is 0 Å². The van der Waals surface area contributed by atoms with Crippen LogP contribution in [0.1, 0.15) is 46.7 Å². The van der Waals surface area contributed by atoms with E-state index < -0.39 is 0 Å². The van der Waals surface area contributed by atoms with Crippen LogP contribution < -0.4 is 0 Å². The average molecular weight is 438 g/mol. The summed E-state index contributed by atoms with van der Waals surface area (Å²) in [6.45, 7) is 7.71. The summed E-state index contributed by atoms with van der Waals surface area (Å²) in [5.74, 6) is 1.36. The van der Waals surface area contributed by atoms with Crippen LogP contribution in [0.25, 0.3) is 0 Å². The molecule has 0 unspecified atom stereocenters. The third-order valence-electron chi connectivity index (χ3n) is 5.60. The van der Waals surface area contributed by atoms with Crippen LogP contribution in [0.15, 0.2) is 36.4 Å². The molecule has 7 nitrogen and oxygen atoms in total. The van der Waals surface area contributed by atoms with E-state index in [0.29, 0.717) is 44.9 Å². The second-order valence-electron chi connectivity index (χ2n) is 8.22. The highest BCUT2D eigenvalue weighted by atomic mass is 19.1. The lowest BCUT2D eigenvalue weighted by molar-refractivity contribution is -0.139. The summed E-state index contributed by atoms with van der Waals surface area (Å²) in [5, 5.41) is 4.33. The maximum Gasteiger partial charge on any atom is 0.224 e. The lowest BCUT2D eigenvalue weighted by Gasteiger charge is -2.33. The van der Waals surface area contributed by atoms with Crippen molar-refractivity contribution in [3.8, 4) is 0 Å². The number of ether oxygens (including phenoxy) is 1. The van der Waals surface area contributed by atoms with Crippen molar-refractivity contribution in [3.05, 3.63) is 76.4 Å². The number of amides is 1. The zero-order chi connectivity index (χ0) is 22.7. The van der Waals surface area contributed by atoms with E-state index in [1.54, 1.807) is 16.8 Å². The number of pyridine rings is 1. The van der Waals surface area contributed by atoms with E-state index in [4.69, 9.17) is 4.74 Å². The highest BCUT2D eigenvalue weighted by molar-refractivity contribution is 5.76. The van der Waals surface area contributed by atoms with Crippen molar-refractivity contribution in [1.29, 1.82) is 0 Å². The Morgan fingerprint density at radius 3 is 2.62 bits per heavy atom. The summed E-state index contributed by atoms with van der Waals surface area (Å²) in [6.07, 6.45) is 0.783. The van der Waals surface area contributed by atoms with Gasteiger partial charge in [0.2, 0.25) is 5.91 Å². The lowest BCUT2D eigenvalue weighted by Crippen LogP contribution is -2.42. The molecular formula is C24H28FN5O2. The Bertz CT molecular complexity index is 1100. The van der Waals surface area contributed by atoms with E-state index in [-0.39, 0.29) is 17.8 Å². The highest BCUT2D eigenvalue weighted by Gasteiger charge is 2.26. The molecule has 1 saturated heterocycles. The maximum absolute atomic E-state index is 13.2. The van der Waals surface area contributed by atoms with E-state index in [9.17, 15) is 9.18 Å². The summed E-state index contributed by atoms with van der Waals surface area (Å²) in [4.78, 5) is 23.6. The van der Waals surface area contributed by atoms with Crippen molar-refractivity contribution in [3.63, 3.8) is 0 Å². The third-order valence-corrected chi connectivity index (χ3v) is 5.60. The van der Waals surface area contributed by atoms with E-state index >= 15 is 0 Å². The van der Waals surface area contributed by atoms with Crippen molar-refractivity contribution < 1.29 is 13.9 Å². The lowest BCUT2D eigenvalue weighted by atomic mass is 10.0. The SMILES string of the molecule is Cc1cc(Cc2ccc(F)cc2)cc([C@@H]2CN(C(=O)CCn3nc(C)nc3C)CCO2)n1. The van der Waals surface area contributed by atoms with Gasteiger partial charge >= 0.3 is 0 Å². The zero-order valence-corrected chi connectivity index (χ0v) is 18.7. The minimum Gasteiger partial charge on any atom is -0.368 e. The van der Waals surface area contributed by atoms with Crippen LogP contribution in [0.3, 0.4) is 0 Å². The molecule has 1 aliphatic rings. The van der Waals surface area contributed by atoms with Crippen LogP contribution in [0.4, 0.5) is 4.39 Å². The maximum atomic E-state index is 13.2. The topological polar surface area (TPSA) is 73.1 Å². The van der Waals surface area contributed by atoms with Crippen molar-refractivity contribution in [2.45, 2.75) is 46.3 Å². The monoisotopic (exact) mass is 437 g/mol. The largest absolute Gasteiger partial charge is 0.368 e.